The van der Waals surface area contributed by atoms with Crippen molar-refractivity contribution in [2.75, 3.05) is 49.5 Å². The second-order valence-corrected chi connectivity index (χ2v) is 5.86. The lowest BCUT2D eigenvalue weighted by atomic mass is 10.2. The average molecular weight is 331 g/mol. The van der Waals surface area contributed by atoms with Crippen LogP contribution in [0.5, 0.6) is 0 Å². The van der Waals surface area contributed by atoms with Crippen molar-refractivity contribution in [3.8, 4) is 0 Å². The highest BCUT2D eigenvalue weighted by molar-refractivity contribution is 5.95. The Balaban J connectivity index is 1.61. The fraction of sp³-hybridized carbons (Fsp3) is 0.438. The van der Waals surface area contributed by atoms with E-state index in [-0.39, 0.29) is 18.0 Å². The summed E-state index contributed by atoms with van der Waals surface area (Å²) in [5.41, 5.74) is 1.40. The van der Waals surface area contributed by atoms with Gasteiger partial charge >= 0.3 is 12.1 Å². The normalized spacial score (nSPS) is 17.7. The largest absolute Gasteiger partial charge is 0.339 e. The van der Waals surface area contributed by atoms with Gasteiger partial charge in [0, 0.05) is 57.6 Å². The van der Waals surface area contributed by atoms with Crippen LogP contribution in [-0.4, -0.2) is 67.0 Å². The van der Waals surface area contributed by atoms with Crippen LogP contribution in [0.2, 0.25) is 0 Å². The van der Waals surface area contributed by atoms with Gasteiger partial charge in [-0.2, -0.15) is 0 Å². The minimum Gasteiger partial charge on any atom is -0.339 e. The molecule has 5 amide bonds. The molecule has 0 atom stereocenters. The van der Waals surface area contributed by atoms with E-state index in [1.54, 1.807) is 26.8 Å². The lowest BCUT2D eigenvalue weighted by molar-refractivity contribution is -0.130. The summed E-state index contributed by atoms with van der Waals surface area (Å²) in [6, 6.07) is 6.91. The maximum Gasteiger partial charge on any atom is 0.321 e. The molecule has 8 heteroatoms. The van der Waals surface area contributed by atoms with Gasteiger partial charge in [0.2, 0.25) is 5.91 Å². The molecule has 2 fully saturated rings. The van der Waals surface area contributed by atoms with Crippen LogP contribution in [0.1, 0.15) is 6.92 Å². The number of amides is 5. The van der Waals surface area contributed by atoms with Gasteiger partial charge < -0.3 is 20.4 Å². The zero-order valence-corrected chi connectivity index (χ0v) is 13.6. The molecular formula is C16H21N5O3. The number of rotatable bonds is 2. The summed E-state index contributed by atoms with van der Waals surface area (Å²) in [5.74, 6) is 0.0339. The molecule has 128 valence electrons. The van der Waals surface area contributed by atoms with Crippen molar-refractivity contribution in [3.05, 3.63) is 24.3 Å². The van der Waals surface area contributed by atoms with E-state index in [9.17, 15) is 14.4 Å². The first-order chi connectivity index (χ1) is 11.5. The Bertz CT molecular complexity index is 655. The summed E-state index contributed by atoms with van der Waals surface area (Å²) in [4.78, 5) is 40.5. The van der Waals surface area contributed by atoms with Crippen molar-refractivity contribution >= 4 is 29.3 Å². The number of anilines is 2. The fourth-order valence-corrected chi connectivity index (χ4v) is 2.90. The highest BCUT2D eigenvalue weighted by Gasteiger charge is 2.23. The number of benzene rings is 1. The molecule has 8 nitrogen and oxygen atoms in total. The molecule has 2 heterocycles. The van der Waals surface area contributed by atoms with Crippen molar-refractivity contribution in [2.45, 2.75) is 6.92 Å². The van der Waals surface area contributed by atoms with Crippen LogP contribution >= 0.6 is 0 Å². The van der Waals surface area contributed by atoms with Gasteiger partial charge in [-0.05, 0) is 18.2 Å². The maximum absolute atomic E-state index is 12.4. The first-order valence-corrected chi connectivity index (χ1v) is 8.01. The summed E-state index contributed by atoms with van der Waals surface area (Å²) >= 11 is 0. The molecule has 0 bridgehead atoms. The molecule has 0 saturated carbocycles. The lowest BCUT2D eigenvalue weighted by Gasteiger charge is -2.34. The molecule has 0 radical (unpaired) electrons. The van der Waals surface area contributed by atoms with Gasteiger partial charge in [0.25, 0.3) is 0 Å². The number of hydrogen-bond acceptors (Lipinski definition) is 3. The van der Waals surface area contributed by atoms with E-state index < -0.39 is 0 Å². The van der Waals surface area contributed by atoms with Crippen LogP contribution in [-0.2, 0) is 4.79 Å². The van der Waals surface area contributed by atoms with Gasteiger partial charge in [-0.25, -0.2) is 9.59 Å². The first kappa shape index (κ1) is 16.1. The Kier molecular flexibility index (Phi) is 4.54. The Morgan fingerprint density at radius 1 is 1.08 bits per heavy atom. The van der Waals surface area contributed by atoms with E-state index in [1.807, 2.05) is 12.1 Å². The third-order valence-electron chi connectivity index (χ3n) is 4.28. The Hall–Kier alpha value is -2.77. The maximum atomic E-state index is 12.4. The number of hydrogen-bond donors (Lipinski definition) is 2. The predicted octanol–water partition coefficient (Wildman–Crippen LogP) is 0.912. The van der Waals surface area contributed by atoms with Gasteiger partial charge in [-0.1, -0.05) is 6.07 Å². The van der Waals surface area contributed by atoms with Crippen molar-refractivity contribution < 1.29 is 14.4 Å². The minimum atomic E-state index is -0.193. The molecule has 2 saturated heterocycles. The molecule has 2 N–H and O–H groups in total. The number of urea groups is 2. The van der Waals surface area contributed by atoms with Crippen molar-refractivity contribution in [2.24, 2.45) is 0 Å². The zero-order chi connectivity index (χ0) is 17.1. The molecule has 0 aliphatic carbocycles. The molecule has 2 aliphatic rings. The highest BCUT2D eigenvalue weighted by atomic mass is 16.2. The number of carbonyl (C=O) groups excluding carboxylic acids is 3. The molecule has 0 spiro atoms. The number of piperazine rings is 1. The van der Waals surface area contributed by atoms with Gasteiger partial charge in [-0.15, -0.1) is 0 Å². The zero-order valence-electron chi connectivity index (χ0n) is 13.6. The highest BCUT2D eigenvalue weighted by Crippen LogP contribution is 2.21. The van der Waals surface area contributed by atoms with Crippen LogP contribution in [0.4, 0.5) is 21.0 Å². The molecule has 3 rings (SSSR count). The van der Waals surface area contributed by atoms with E-state index >= 15 is 0 Å². The first-order valence-electron chi connectivity index (χ1n) is 8.01. The van der Waals surface area contributed by atoms with Gasteiger partial charge in [0.15, 0.2) is 0 Å². The van der Waals surface area contributed by atoms with Crippen LogP contribution in [0.25, 0.3) is 0 Å². The lowest BCUT2D eigenvalue weighted by Crippen LogP contribution is -2.51. The summed E-state index contributed by atoms with van der Waals surface area (Å²) < 4.78 is 0. The van der Waals surface area contributed by atoms with Crippen LogP contribution < -0.4 is 15.5 Å². The van der Waals surface area contributed by atoms with Crippen molar-refractivity contribution in [1.82, 2.24) is 15.1 Å². The molecule has 1 aromatic rings. The van der Waals surface area contributed by atoms with E-state index in [0.29, 0.717) is 45.0 Å². The fourth-order valence-electron chi connectivity index (χ4n) is 2.90. The van der Waals surface area contributed by atoms with E-state index in [2.05, 4.69) is 10.6 Å². The molecular weight excluding hydrogens is 310 g/mol. The molecule has 0 unspecified atom stereocenters. The Morgan fingerprint density at radius 2 is 1.79 bits per heavy atom. The van der Waals surface area contributed by atoms with Gasteiger partial charge in [0.1, 0.15) is 0 Å². The average Bonchev–Trinajstić information content (AvgIpc) is 3.01. The summed E-state index contributed by atoms with van der Waals surface area (Å²) in [5, 5.41) is 5.61. The molecule has 2 aliphatic heterocycles. The summed E-state index contributed by atoms with van der Waals surface area (Å²) in [7, 11) is 0. The van der Waals surface area contributed by atoms with Crippen LogP contribution in [0.3, 0.4) is 0 Å². The smallest absolute Gasteiger partial charge is 0.321 e. The summed E-state index contributed by atoms with van der Waals surface area (Å²) in [6.45, 7) is 4.90. The van der Waals surface area contributed by atoms with Gasteiger partial charge in [0.05, 0.1) is 0 Å². The third-order valence-corrected chi connectivity index (χ3v) is 4.28. The topological polar surface area (TPSA) is 85.0 Å². The summed E-state index contributed by atoms with van der Waals surface area (Å²) in [6.07, 6.45) is 0. The number of nitrogens with zero attached hydrogens (tertiary/aromatic N) is 3. The number of carbonyl (C=O) groups is 3. The van der Waals surface area contributed by atoms with Crippen molar-refractivity contribution in [1.29, 1.82) is 0 Å². The second-order valence-electron chi connectivity index (χ2n) is 5.86. The monoisotopic (exact) mass is 331 g/mol. The molecule has 24 heavy (non-hydrogen) atoms. The Morgan fingerprint density at radius 3 is 2.42 bits per heavy atom. The predicted molar refractivity (Wildman–Crippen MR) is 90.0 cm³/mol. The van der Waals surface area contributed by atoms with Crippen LogP contribution in [0, 0.1) is 0 Å². The standard InChI is InChI=1S/C16H21N5O3/c1-12(22)19-7-9-20(10-8-19)16(24)18-13-3-2-4-14(11-13)21-6-5-17-15(21)23/h2-4,11H,5-10H2,1H3,(H,17,23)(H,18,24). The molecule has 0 aromatic heterocycles. The second kappa shape index (κ2) is 6.77. The molecule has 1 aromatic carbocycles. The van der Waals surface area contributed by atoms with Crippen LogP contribution in [0.15, 0.2) is 24.3 Å². The SMILES string of the molecule is CC(=O)N1CCN(C(=O)Nc2cccc(N3CCNC3=O)c2)CC1. The number of nitrogens with one attached hydrogen (secondary N) is 2. The van der Waals surface area contributed by atoms with E-state index in [1.165, 1.54) is 6.92 Å². The van der Waals surface area contributed by atoms with Crippen molar-refractivity contribution in [3.63, 3.8) is 0 Å². The van der Waals surface area contributed by atoms with E-state index in [4.69, 9.17) is 0 Å². The quantitative estimate of drug-likeness (QED) is 0.845. The minimum absolute atomic E-state index is 0.0339. The van der Waals surface area contributed by atoms with Gasteiger partial charge in [-0.3, -0.25) is 9.69 Å². The van der Waals surface area contributed by atoms with E-state index in [0.717, 1.165) is 5.69 Å². The Labute approximate surface area is 140 Å². The third kappa shape index (κ3) is 3.42.